The molecule has 0 bridgehead atoms. The van der Waals surface area contributed by atoms with Crippen molar-refractivity contribution in [1.29, 1.82) is 0 Å². The SMILES string of the molecule is COc1ccc(CCS[C@@H](C)C(=O)Nc2ccc(OC)cc2)cc1. The number of carbonyl (C=O) groups is 1. The number of benzene rings is 2. The fourth-order valence-electron chi connectivity index (χ4n) is 2.14. The topological polar surface area (TPSA) is 47.6 Å². The summed E-state index contributed by atoms with van der Waals surface area (Å²) in [6.45, 7) is 1.93. The van der Waals surface area contributed by atoms with Gasteiger partial charge in [-0.2, -0.15) is 0 Å². The number of methoxy groups -OCH3 is 2. The molecule has 1 atom stereocenters. The molecular weight excluding hydrogens is 322 g/mol. The molecule has 4 nitrogen and oxygen atoms in total. The quantitative estimate of drug-likeness (QED) is 0.785. The molecule has 1 amide bonds. The zero-order valence-corrected chi connectivity index (χ0v) is 15.1. The molecule has 5 heteroatoms. The van der Waals surface area contributed by atoms with Crippen molar-refractivity contribution in [3.63, 3.8) is 0 Å². The predicted octanol–water partition coefficient (Wildman–Crippen LogP) is 4.01. The van der Waals surface area contributed by atoms with Gasteiger partial charge in [-0.3, -0.25) is 4.79 Å². The van der Waals surface area contributed by atoms with E-state index in [2.05, 4.69) is 17.4 Å². The lowest BCUT2D eigenvalue weighted by molar-refractivity contribution is -0.115. The smallest absolute Gasteiger partial charge is 0.237 e. The summed E-state index contributed by atoms with van der Waals surface area (Å²) < 4.78 is 10.3. The van der Waals surface area contributed by atoms with E-state index in [1.54, 1.807) is 26.0 Å². The summed E-state index contributed by atoms with van der Waals surface area (Å²) in [5, 5.41) is 2.82. The van der Waals surface area contributed by atoms with Crippen LogP contribution in [0.1, 0.15) is 12.5 Å². The molecule has 2 aromatic rings. The van der Waals surface area contributed by atoms with Crippen molar-refractivity contribution in [1.82, 2.24) is 0 Å². The molecule has 0 aliphatic heterocycles. The van der Waals surface area contributed by atoms with E-state index in [9.17, 15) is 4.79 Å². The molecule has 0 fully saturated rings. The molecule has 0 aliphatic carbocycles. The molecule has 0 saturated carbocycles. The van der Waals surface area contributed by atoms with Crippen LogP contribution < -0.4 is 14.8 Å². The summed E-state index contributed by atoms with van der Waals surface area (Å²) in [4.78, 5) is 12.2. The Morgan fingerprint density at radius 3 is 2.08 bits per heavy atom. The van der Waals surface area contributed by atoms with Gasteiger partial charge >= 0.3 is 0 Å². The molecule has 2 aromatic carbocycles. The second-order valence-corrected chi connectivity index (χ2v) is 6.78. The molecule has 24 heavy (non-hydrogen) atoms. The molecular formula is C19H23NO3S. The minimum Gasteiger partial charge on any atom is -0.497 e. The number of hydrogen-bond acceptors (Lipinski definition) is 4. The maximum Gasteiger partial charge on any atom is 0.237 e. The third-order valence-corrected chi connectivity index (χ3v) is 4.80. The molecule has 0 heterocycles. The summed E-state index contributed by atoms with van der Waals surface area (Å²) in [6, 6.07) is 15.4. The third kappa shape index (κ3) is 5.49. The van der Waals surface area contributed by atoms with Crippen LogP contribution in [-0.2, 0) is 11.2 Å². The van der Waals surface area contributed by atoms with E-state index in [1.807, 2.05) is 43.3 Å². The maximum absolute atomic E-state index is 12.2. The third-order valence-electron chi connectivity index (χ3n) is 3.64. The van der Waals surface area contributed by atoms with E-state index in [0.29, 0.717) is 0 Å². The summed E-state index contributed by atoms with van der Waals surface area (Å²) >= 11 is 1.65. The van der Waals surface area contributed by atoms with E-state index in [0.717, 1.165) is 29.4 Å². The highest BCUT2D eigenvalue weighted by molar-refractivity contribution is 8.00. The molecule has 1 N–H and O–H groups in total. The number of rotatable bonds is 8. The minimum absolute atomic E-state index is 0.0138. The molecule has 0 radical (unpaired) electrons. The Morgan fingerprint density at radius 2 is 1.54 bits per heavy atom. The normalized spacial score (nSPS) is 11.6. The van der Waals surface area contributed by atoms with Gasteiger partial charge < -0.3 is 14.8 Å². The highest BCUT2D eigenvalue weighted by atomic mass is 32.2. The number of aryl methyl sites for hydroxylation is 1. The van der Waals surface area contributed by atoms with Crippen molar-refractivity contribution in [3.8, 4) is 11.5 Å². The van der Waals surface area contributed by atoms with Crippen LogP contribution in [0.15, 0.2) is 48.5 Å². The zero-order chi connectivity index (χ0) is 17.4. The van der Waals surface area contributed by atoms with Crippen LogP contribution in [0.3, 0.4) is 0 Å². The van der Waals surface area contributed by atoms with Crippen LogP contribution in [0.25, 0.3) is 0 Å². The fraction of sp³-hybridized carbons (Fsp3) is 0.316. The van der Waals surface area contributed by atoms with Gasteiger partial charge in [0.05, 0.1) is 19.5 Å². The number of anilines is 1. The van der Waals surface area contributed by atoms with Crippen molar-refractivity contribution in [2.45, 2.75) is 18.6 Å². The molecule has 0 aromatic heterocycles. The number of nitrogens with one attached hydrogen (secondary N) is 1. The number of amides is 1. The lowest BCUT2D eigenvalue weighted by Gasteiger charge is -2.12. The minimum atomic E-state index is -0.106. The first-order valence-electron chi connectivity index (χ1n) is 7.82. The average molecular weight is 345 g/mol. The molecule has 0 aliphatic rings. The van der Waals surface area contributed by atoms with Crippen molar-refractivity contribution >= 4 is 23.4 Å². The second-order valence-electron chi connectivity index (χ2n) is 5.33. The Morgan fingerprint density at radius 1 is 1.00 bits per heavy atom. The Hall–Kier alpha value is -2.14. The number of thioether (sulfide) groups is 1. The van der Waals surface area contributed by atoms with Gasteiger partial charge in [0.25, 0.3) is 0 Å². The lowest BCUT2D eigenvalue weighted by atomic mass is 10.2. The van der Waals surface area contributed by atoms with E-state index in [4.69, 9.17) is 9.47 Å². The van der Waals surface area contributed by atoms with Crippen LogP contribution in [0.5, 0.6) is 11.5 Å². The summed E-state index contributed by atoms with van der Waals surface area (Å²) in [5.41, 5.74) is 2.02. The van der Waals surface area contributed by atoms with Gasteiger partial charge in [-0.1, -0.05) is 12.1 Å². The van der Waals surface area contributed by atoms with Crippen molar-refractivity contribution < 1.29 is 14.3 Å². The predicted molar refractivity (Wildman–Crippen MR) is 100 cm³/mol. The first kappa shape index (κ1) is 18.2. The fourth-order valence-corrected chi connectivity index (χ4v) is 3.06. The van der Waals surface area contributed by atoms with Crippen LogP contribution in [0.2, 0.25) is 0 Å². The highest BCUT2D eigenvalue weighted by Crippen LogP contribution is 2.19. The Kier molecular flexibility index (Phi) is 7.00. The highest BCUT2D eigenvalue weighted by Gasteiger charge is 2.13. The molecule has 2 rings (SSSR count). The number of carbonyl (C=O) groups excluding carboxylic acids is 1. The average Bonchev–Trinajstić information content (AvgIpc) is 2.62. The standard InChI is InChI=1S/C19H23NO3S/c1-14(19(21)20-16-6-10-18(23-3)11-7-16)24-13-12-15-4-8-17(22-2)9-5-15/h4-11,14H,12-13H2,1-3H3,(H,20,21)/t14-/m0/s1. The largest absolute Gasteiger partial charge is 0.497 e. The lowest BCUT2D eigenvalue weighted by Crippen LogP contribution is -2.22. The molecule has 0 unspecified atom stereocenters. The maximum atomic E-state index is 12.2. The van der Waals surface area contributed by atoms with Gasteiger partial charge in [0, 0.05) is 5.69 Å². The van der Waals surface area contributed by atoms with E-state index in [-0.39, 0.29) is 11.2 Å². The molecule has 128 valence electrons. The van der Waals surface area contributed by atoms with Gasteiger partial charge in [0.2, 0.25) is 5.91 Å². The van der Waals surface area contributed by atoms with Gasteiger partial charge in [0.15, 0.2) is 0 Å². The van der Waals surface area contributed by atoms with Crippen LogP contribution >= 0.6 is 11.8 Å². The van der Waals surface area contributed by atoms with Crippen molar-refractivity contribution in [3.05, 3.63) is 54.1 Å². The van der Waals surface area contributed by atoms with Crippen LogP contribution in [-0.4, -0.2) is 31.1 Å². The van der Waals surface area contributed by atoms with Gasteiger partial charge in [-0.25, -0.2) is 0 Å². The van der Waals surface area contributed by atoms with Gasteiger partial charge in [-0.05, 0) is 61.1 Å². The van der Waals surface area contributed by atoms with Crippen molar-refractivity contribution in [2.75, 3.05) is 25.3 Å². The number of ether oxygens (including phenoxy) is 2. The zero-order valence-electron chi connectivity index (χ0n) is 14.2. The Labute approximate surface area is 147 Å². The Balaban J connectivity index is 1.76. The summed E-state index contributed by atoms with van der Waals surface area (Å²) in [6.07, 6.45) is 0.925. The van der Waals surface area contributed by atoms with Gasteiger partial charge in [-0.15, -0.1) is 11.8 Å². The van der Waals surface area contributed by atoms with E-state index >= 15 is 0 Å². The molecule has 0 spiro atoms. The van der Waals surface area contributed by atoms with Crippen LogP contribution in [0, 0.1) is 0 Å². The molecule has 0 saturated heterocycles. The van der Waals surface area contributed by atoms with Crippen LogP contribution in [0.4, 0.5) is 5.69 Å². The summed E-state index contributed by atoms with van der Waals surface area (Å²) in [5.74, 6) is 2.54. The van der Waals surface area contributed by atoms with E-state index in [1.165, 1.54) is 5.56 Å². The Bertz CT molecular complexity index is 641. The summed E-state index contributed by atoms with van der Waals surface area (Å²) in [7, 11) is 3.28. The number of hydrogen-bond donors (Lipinski definition) is 1. The van der Waals surface area contributed by atoms with Gasteiger partial charge in [0.1, 0.15) is 11.5 Å². The monoisotopic (exact) mass is 345 g/mol. The first-order valence-corrected chi connectivity index (χ1v) is 8.86. The first-order chi connectivity index (χ1) is 11.6. The van der Waals surface area contributed by atoms with Crippen molar-refractivity contribution in [2.24, 2.45) is 0 Å². The second kappa shape index (κ2) is 9.23. The van der Waals surface area contributed by atoms with E-state index < -0.39 is 0 Å².